The molecule has 0 unspecified atom stereocenters. The summed E-state index contributed by atoms with van der Waals surface area (Å²) in [7, 11) is -2.27. The zero-order chi connectivity index (χ0) is 21.9. The number of carbonyl (C=O) groups is 1. The Morgan fingerprint density at radius 1 is 1.17 bits per heavy atom. The van der Waals surface area contributed by atoms with Crippen molar-refractivity contribution in [3.05, 3.63) is 47.0 Å². The zero-order valence-corrected chi connectivity index (χ0v) is 18.6. The van der Waals surface area contributed by atoms with Crippen molar-refractivity contribution < 1.29 is 22.7 Å². The van der Waals surface area contributed by atoms with Gasteiger partial charge in [-0.25, -0.2) is 8.42 Å². The average molecular weight is 433 g/mol. The standard InChI is InChI=1S/C22H28N2O5S/c1-5-29-22-15(2)11-19(12-16(22)3)30(26,27)23-18-8-9-20-17(13-18)7-6-10-24(20)21(25)14-28-4/h8-9,11-13,23H,5-7,10,14H2,1-4H3. The van der Waals surface area contributed by atoms with Gasteiger partial charge in [0.2, 0.25) is 0 Å². The highest BCUT2D eigenvalue weighted by atomic mass is 32.2. The van der Waals surface area contributed by atoms with Gasteiger partial charge in [0.25, 0.3) is 15.9 Å². The number of rotatable bonds is 7. The second kappa shape index (κ2) is 9.06. The molecule has 1 amide bonds. The second-order valence-electron chi connectivity index (χ2n) is 7.35. The fourth-order valence-corrected chi connectivity index (χ4v) is 4.99. The number of carbonyl (C=O) groups excluding carboxylic acids is 1. The quantitative estimate of drug-likeness (QED) is 0.725. The van der Waals surface area contributed by atoms with E-state index in [1.807, 2.05) is 20.8 Å². The topological polar surface area (TPSA) is 84.9 Å². The van der Waals surface area contributed by atoms with Crippen molar-refractivity contribution in [1.29, 1.82) is 0 Å². The highest BCUT2D eigenvalue weighted by molar-refractivity contribution is 7.92. The summed E-state index contributed by atoms with van der Waals surface area (Å²) in [4.78, 5) is 14.2. The van der Waals surface area contributed by atoms with Crippen LogP contribution in [-0.2, 0) is 26.0 Å². The van der Waals surface area contributed by atoms with Crippen LogP contribution in [0.25, 0.3) is 0 Å². The van der Waals surface area contributed by atoms with Gasteiger partial charge in [0.1, 0.15) is 12.4 Å². The Balaban J connectivity index is 1.87. The molecule has 0 saturated heterocycles. The summed E-state index contributed by atoms with van der Waals surface area (Å²) in [6.07, 6.45) is 1.60. The largest absolute Gasteiger partial charge is 0.493 e. The Kier molecular flexibility index (Phi) is 6.67. The molecule has 2 aromatic rings. The monoisotopic (exact) mass is 432 g/mol. The van der Waals surface area contributed by atoms with E-state index < -0.39 is 10.0 Å². The molecule has 1 N–H and O–H groups in total. The lowest BCUT2D eigenvalue weighted by Crippen LogP contribution is -2.37. The summed E-state index contributed by atoms with van der Waals surface area (Å²) in [5, 5.41) is 0. The number of sulfonamides is 1. The molecule has 8 heteroatoms. The van der Waals surface area contributed by atoms with Gasteiger partial charge in [0.15, 0.2) is 0 Å². The number of aryl methyl sites for hydroxylation is 3. The van der Waals surface area contributed by atoms with Gasteiger partial charge in [-0.05, 0) is 80.6 Å². The molecule has 0 bridgehead atoms. The van der Waals surface area contributed by atoms with Crippen molar-refractivity contribution in [3.63, 3.8) is 0 Å². The van der Waals surface area contributed by atoms with E-state index in [2.05, 4.69) is 4.72 Å². The molecule has 0 radical (unpaired) electrons. The summed E-state index contributed by atoms with van der Waals surface area (Å²) in [6.45, 7) is 6.73. The van der Waals surface area contributed by atoms with Crippen molar-refractivity contribution in [1.82, 2.24) is 0 Å². The first-order chi connectivity index (χ1) is 14.3. The van der Waals surface area contributed by atoms with Gasteiger partial charge in [-0.1, -0.05) is 0 Å². The Bertz CT molecular complexity index is 1030. The molecule has 0 atom stereocenters. The lowest BCUT2D eigenvalue weighted by atomic mass is 10.0. The van der Waals surface area contributed by atoms with Crippen LogP contribution in [0.4, 0.5) is 11.4 Å². The number of anilines is 2. The lowest BCUT2D eigenvalue weighted by molar-refractivity contribution is -0.122. The van der Waals surface area contributed by atoms with Crippen LogP contribution in [-0.4, -0.2) is 41.2 Å². The molecule has 0 aromatic heterocycles. The fourth-order valence-electron chi connectivity index (χ4n) is 3.77. The Hall–Kier alpha value is -2.58. The first-order valence-electron chi connectivity index (χ1n) is 9.96. The van der Waals surface area contributed by atoms with Gasteiger partial charge in [-0.15, -0.1) is 0 Å². The maximum Gasteiger partial charge on any atom is 0.261 e. The molecule has 1 aliphatic rings. The van der Waals surface area contributed by atoms with E-state index in [0.29, 0.717) is 24.6 Å². The first kappa shape index (κ1) is 22.1. The minimum Gasteiger partial charge on any atom is -0.493 e. The van der Waals surface area contributed by atoms with Crippen molar-refractivity contribution in [2.45, 2.75) is 38.5 Å². The molecule has 2 aromatic carbocycles. The minimum atomic E-state index is -3.76. The third kappa shape index (κ3) is 4.60. The van der Waals surface area contributed by atoms with E-state index >= 15 is 0 Å². The lowest BCUT2D eigenvalue weighted by Gasteiger charge is -2.29. The maximum absolute atomic E-state index is 13.0. The molecule has 1 aliphatic heterocycles. The van der Waals surface area contributed by atoms with Gasteiger partial charge < -0.3 is 14.4 Å². The molecule has 0 aliphatic carbocycles. The Labute approximate surface area is 178 Å². The Morgan fingerprint density at radius 3 is 2.50 bits per heavy atom. The molecule has 0 fully saturated rings. The number of nitrogens with zero attached hydrogens (tertiary/aromatic N) is 1. The summed E-state index contributed by atoms with van der Waals surface area (Å²) in [6, 6.07) is 8.50. The van der Waals surface area contributed by atoms with Crippen LogP contribution in [0.1, 0.15) is 30.0 Å². The molecule has 3 rings (SSSR count). The number of amides is 1. The third-order valence-electron chi connectivity index (χ3n) is 5.05. The van der Waals surface area contributed by atoms with E-state index in [-0.39, 0.29) is 17.4 Å². The second-order valence-corrected chi connectivity index (χ2v) is 9.03. The van der Waals surface area contributed by atoms with E-state index in [0.717, 1.165) is 35.2 Å². The zero-order valence-electron chi connectivity index (χ0n) is 17.8. The summed E-state index contributed by atoms with van der Waals surface area (Å²) in [5.74, 6) is 0.609. The fraction of sp³-hybridized carbons (Fsp3) is 0.409. The van der Waals surface area contributed by atoms with Crippen molar-refractivity contribution >= 4 is 27.3 Å². The SMILES string of the molecule is CCOc1c(C)cc(S(=O)(=O)Nc2ccc3c(c2)CCCN3C(=O)COC)cc1C. The van der Waals surface area contributed by atoms with Crippen LogP contribution in [0.15, 0.2) is 35.2 Å². The highest BCUT2D eigenvalue weighted by Crippen LogP contribution is 2.32. The first-order valence-corrected chi connectivity index (χ1v) is 11.4. The predicted octanol–water partition coefficient (Wildman–Crippen LogP) is 3.43. The number of hydrogen-bond acceptors (Lipinski definition) is 5. The van der Waals surface area contributed by atoms with Crippen LogP contribution in [0.2, 0.25) is 0 Å². The summed E-state index contributed by atoms with van der Waals surface area (Å²) in [5.41, 5.74) is 3.76. The Morgan fingerprint density at radius 2 is 1.87 bits per heavy atom. The number of ether oxygens (including phenoxy) is 2. The van der Waals surface area contributed by atoms with Crippen molar-refractivity contribution in [2.24, 2.45) is 0 Å². The van der Waals surface area contributed by atoms with Crippen LogP contribution in [0, 0.1) is 13.8 Å². The van der Waals surface area contributed by atoms with Gasteiger partial charge in [0.05, 0.1) is 11.5 Å². The maximum atomic E-state index is 13.0. The molecular formula is C22H28N2O5S. The van der Waals surface area contributed by atoms with E-state index in [9.17, 15) is 13.2 Å². The molecule has 30 heavy (non-hydrogen) atoms. The van der Waals surface area contributed by atoms with Gasteiger partial charge in [0, 0.05) is 25.0 Å². The van der Waals surface area contributed by atoms with Crippen LogP contribution in [0.5, 0.6) is 5.75 Å². The van der Waals surface area contributed by atoms with Gasteiger partial charge in [-0.3, -0.25) is 9.52 Å². The normalized spacial score (nSPS) is 13.7. The molecule has 7 nitrogen and oxygen atoms in total. The molecule has 162 valence electrons. The number of fused-ring (bicyclic) bond motifs is 1. The van der Waals surface area contributed by atoms with Crippen LogP contribution in [0.3, 0.4) is 0 Å². The van der Waals surface area contributed by atoms with Crippen LogP contribution >= 0.6 is 0 Å². The number of methoxy groups -OCH3 is 1. The van der Waals surface area contributed by atoms with E-state index in [4.69, 9.17) is 9.47 Å². The molecule has 0 saturated carbocycles. The third-order valence-corrected chi connectivity index (χ3v) is 6.41. The van der Waals surface area contributed by atoms with Gasteiger partial charge in [-0.2, -0.15) is 0 Å². The van der Waals surface area contributed by atoms with Gasteiger partial charge >= 0.3 is 0 Å². The molecular weight excluding hydrogens is 404 g/mol. The molecule has 0 spiro atoms. The smallest absolute Gasteiger partial charge is 0.261 e. The van der Waals surface area contributed by atoms with Crippen molar-refractivity contribution in [2.75, 3.05) is 36.5 Å². The van der Waals surface area contributed by atoms with Crippen molar-refractivity contribution in [3.8, 4) is 5.75 Å². The number of nitrogens with one attached hydrogen (secondary N) is 1. The number of benzene rings is 2. The summed E-state index contributed by atoms with van der Waals surface area (Å²) < 4.78 is 39.2. The minimum absolute atomic E-state index is 0.0181. The van der Waals surface area contributed by atoms with E-state index in [1.165, 1.54) is 7.11 Å². The average Bonchev–Trinajstić information content (AvgIpc) is 2.69. The highest BCUT2D eigenvalue weighted by Gasteiger charge is 2.24. The molecule has 1 heterocycles. The predicted molar refractivity (Wildman–Crippen MR) is 117 cm³/mol. The number of hydrogen-bond donors (Lipinski definition) is 1. The summed E-state index contributed by atoms with van der Waals surface area (Å²) >= 11 is 0. The van der Waals surface area contributed by atoms with E-state index in [1.54, 1.807) is 35.2 Å². The van der Waals surface area contributed by atoms with Crippen LogP contribution < -0.4 is 14.4 Å².